The van der Waals surface area contributed by atoms with Gasteiger partial charge in [-0.15, -0.1) is 0 Å². The van der Waals surface area contributed by atoms with Crippen LogP contribution in [0.2, 0.25) is 0 Å². The average molecular weight is 710 g/mol. The Bertz CT molecular complexity index is 1140. The molecule has 0 aromatic heterocycles. The number of thioether (sulfide) groups is 2. The number of carbonyl (C=O) groups is 4. The maximum Gasteiger partial charge on any atom is 0.337 e. The summed E-state index contributed by atoms with van der Waals surface area (Å²) in [6, 6.07) is 0. The molecule has 8 nitrogen and oxygen atoms in total. The summed E-state index contributed by atoms with van der Waals surface area (Å²) in [6.45, 7) is 0. The van der Waals surface area contributed by atoms with E-state index < -0.39 is 39.3 Å². The number of hydrogen-bond donors (Lipinski definition) is 4. The lowest BCUT2D eigenvalue weighted by molar-refractivity contribution is -0.138. The molecular weight excluding hydrogens is 704 g/mol. The lowest BCUT2D eigenvalue weighted by Gasteiger charge is -2.36. The fourth-order valence-electron chi connectivity index (χ4n) is 2.81. The van der Waals surface area contributed by atoms with Gasteiger partial charge in [-0.05, 0) is 47.8 Å². The molecule has 2 aliphatic rings. The maximum atomic E-state index is 12.1. The van der Waals surface area contributed by atoms with Crippen molar-refractivity contribution in [1.82, 2.24) is 0 Å². The Kier molecular flexibility index (Phi) is 6.58. The molecule has 158 valence electrons. The number of fused-ring (bicyclic) bond motifs is 1. The number of alkyl halides is 1. The molecule has 1 heterocycles. The van der Waals surface area contributed by atoms with Crippen molar-refractivity contribution in [2.75, 3.05) is 0 Å². The van der Waals surface area contributed by atoms with Crippen molar-refractivity contribution in [2.45, 2.75) is 20.5 Å². The molecule has 30 heavy (non-hydrogen) atoms. The fourth-order valence-corrected chi connectivity index (χ4v) is 9.10. The van der Waals surface area contributed by atoms with E-state index in [2.05, 4.69) is 63.7 Å². The van der Waals surface area contributed by atoms with Crippen molar-refractivity contribution in [3.8, 4) is 0 Å². The minimum absolute atomic E-state index is 0.00658. The molecule has 0 radical (unpaired) electrons. The van der Waals surface area contributed by atoms with Gasteiger partial charge in [-0.1, -0.05) is 39.5 Å². The average Bonchev–Trinajstić information content (AvgIpc) is 2.65. The van der Waals surface area contributed by atoms with Crippen LogP contribution in [0.25, 0.3) is 0 Å². The Morgan fingerprint density at radius 3 is 1.67 bits per heavy atom. The first-order valence-electron chi connectivity index (χ1n) is 7.49. The van der Waals surface area contributed by atoms with Crippen LogP contribution in [0.4, 0.5) is 0 Å². The highest BCUT2D eigenvalue weighted by Gasteiger charge is 2.50. The Labute approximate surface area is 209 Å². The third kappa shape index (κ3) is 3.58. The van der Waals surface area contributed by atoms with E-state index in [0.717, 1.165) is 23.5 Å². The highest BCUT2D eigenvalue weighted by Crippen LogP contribution is 2.63. The third-order valence-electron chi connectivity index (χ3n) is 4.18. The van der Waals surface area contributed by atoms with Gasteiger partial charge in [0.05, 0.1) is 16.7 Å². The monoisotopic (exact) mass is 706 g/mol. The number of aliphatic carboxylic acids is 2. The minimum atomic E-state index is -1.76. The predicted octanol–water partition coefficient (Wildman–Crippen LogP) is 5.37. The molecule has 1 unspecified atom stereocenters. The number of hydrogen-bond acceptors (Lipinski definition) is 6. The van der Waals surface area contributed by atoms with Gasteiger partial charge in [0.15, 0.2) is 4.32 Å². The molecule has 1 aliphatic heterocycles. The number of rotatable bonds is 4. The first-order valence-corrected chi connectivity index (χ1v) is 12.3. The van der Waals surface area contributed by atoms with E-state index in [0.29, 0.717) is 9.79 Å². The molecular formula is C16H6Br4O8S2. The highest BCUT2D eigenvalue weighted by molar-refractivity contribution is 9.12. The molecule has 4 N–H and O–H groups in total. The van der Waals surface area contributed by atoms with Gasteiger partial charge < -0.3 is 20.4 Å². The zero-order valence-electron chi connectivity index (χ0n) is 14.0. The van der Waals surface area contributed by atoms with Crippen molar-refractivity contribution < 1.29 is 39.6 Å². The molecule has 0 saturated carbocycles. The lowest BCUT2D eigenvalue weighted by Crippen LogP contribution is -2.38. The Balaban J connectivity index is 2.37. The number of allylic oxidation sites excluding steroid dienone is 1. The number of carboxylic acids is 4. The van der Waals surface area contributed by atoms with Crippen LogP contribution >= 0.6 is 87.2 Å². The normalized spacial score (nSPS) is 20.5. The van der Waals surface area contributed by atoms with E-state index in [9.17, 15) is 39.6 Å². The SMILES string of the molecule is O=C(O)C1=C(Br)C2=C(Sc3c(Br)c(C(=O)O)c(C(=O)O)c(Br)c3S2)C(Br)(C(=O)O)C1. The van der Waals surface area contributed by atoms with Gasteiger partial charge in [-0.2, -0.15) is 0 Å². The van der Waals surface area contributed by atoms with E-state index in [4.69, 9.17) is 0 Å². The molecule has 0 saturated heterocycles. The summed E-state index contributed by atoms with van der Waals surface area (Å²) in [5.74, 6) is -5.57. The van der Waals surface area contributed by atoms with E-state index in [1.807, 2.05) is 0 Å². The van der Waals surface area contributed by atoms with Crippen LogP contribution in [0.1, 0.15) is 27.1 Å². The molecule has 14 heteroatoms. The summed E-state index contributed by atoms with van der Waals surface area (Å²) in [5, 5.41) is 38.5. The number of aromatic carboxylic acids is 2. The van der Waals surface area contributed by atoms with Crippen molar-refractivity contribution in [3.63, 3.8) is 0 Å². The number of carboxylic acid groups (broad SMARTS) is 4. The summed E-state index contributed by atoms with van der Waals surface area (Å²) in [6.07, 6.45) is -0.363. The van der Waals surface area contributed by atoms with Gasteiger partial charge in [-0.25, -0.2) is 14.4 Å². The summed E-state index contributed by atoms with van der Waals surface area (Å²) >= 11 is 14.6. The van der Waals surface area contributed by atoms with Crippen LogP contribution in [-0.2, 0) is 9.59 Å². The van der Waals surface area contributed by atoms with Gasteiger partial charge in [-0.3, -0.25) is 4.79 Å². The van der Waals surface area contributed by atoms with Crippen LogP contribution in [0.3, 0.4) is 0 Å². The van der Waals surface area contributed by atoms with Crippen LogP contribution in [-0.4, -0.2) is 48.6 Å². The quantitative estimate of drug-likeness (QED) is 0.301. The molecule has 0 fully saturated rings. The van der Waals surface area contributed by atoms with Gasteiger partial charge in [0.1, 0.15) is 0 Å². The third-order valence-corrected chi connectivity index (χ3v) is 11.6. The second-order valence-corrected chi connectivity index (χ2v) is 11.7. The fraction of sp³-hybridized carbons (Fsp3) is 0.125. The van der Waals surface area contributed by atoms with E-state index in [1.165, 1.54) is 0 Å². The van der Waals surface area contributed by atoms with Gasteiger partial charge >= 0.3 is 23.9 Å². The zero-order valence-corrected chi connectivity index (χ0v) is 21.9. The predicted molar refractivity (Wildman–Crippen MR) is 122 cm³/mol. The molecule has 0 spiro atoms. The van der Waals surface area contributed by atoms with Crippen molar-refractivity contribution in [3.05, 3.63) is 39.9 Å². The highest BCUT2D eigenvalue weighted by atomic mass is 79.9. The van der Waals surface area contributed by atoms with Gasteiger partial charge in [0.25, 0.3) is 0 Å². The molecule has 1 atom stereocenters. The smallest absolute Gasteiger partial charge is 0.337 e. The minimum Gasteiger partial charge on any atom is -0.480 e. The van der Waals surface area contributed by atoms with Crippen LogP contribution in [0.15, 0.2) is 38.6 Å². The molecule has 1 aliphatic carbocycles. The second kappa shape index (κ2) is 8.28. The molecule has 0 bridgehead atoms. The van der Waals surface area contributed by atoms with E-state index in [1.54, 1.807) is 0 Å². The Hall–Kier alpha value is -0.800. The molecule has 1 aromatic carbocycles. The first-order chi connectivity index (χ1) is 13.8. The summed E-state index contributed by atoms with van der Waals surface area (Å²) < 4.78 is -1.61. The topological polar surface area (TPSA) is 149 Å². The molecule has 3 rings (SSSR count). The lowest BCUT2D eigenvalue weighted by atomic mass is 9.93. The summed E-state index contributed by atoms with van der Waals surface area (Å²) in [5.41, 5.74) is -1.14. The maximum absolute atomic E-state index is 12.1. The van der Waals surface area contributed by atoms with Crippen LogP contribution < -0.4 is 0 Å². The summed E-state index contributed by atoms with van der Waals surface area (Å²) in [7, 11) is 0. The Morgan fingerprint density at radius 1 is 0.800 bits per heavy atom. The first kappa shape index (κ1) is 23.9. The second-order valence-electron chi connectivity index (χ2n) is 5.89. The standard InChI is InChI=1S/C16H6Br4O8S2/c17-5-2(12(21)22)1-16(20,15(27)28)11-10(5)29-8-6(18)3(13(23)24)4(14(25)26)7(19)9(8)30-11/h1H2,(H,21,22)(H,23,24)(H,25,26)(H,27,28). The van der Waals surface area contributed by atoms with Crippen LogP contribution in [0.5, 0.6) is 0 Å². The number of benzene rings is 1. The van der Waals surface area contributed by atoms with Crippen molar-refractivity contribution >= 4 is 111 Å². The molecule has 1 aromatic rings. The van der Waals surface area contributed by atoms with Crippen molar-refractivity contribution in [2.24, 2.45) is 0 Å². The van der Waals surface area contributed by atoms with Crippen molar-refractivity contribution in [1.29, 1.82) is 0 Å². The van der Waals surface area contributed by atoms with Crippen LogP contribution in [0, 0.1) is 0 Å². The number of halogens is 4. The largest absolute Gasteiger partial charge is 0.480 e. The molecule has 0 amide bonds. The summed E-state index contributed by atoms with van der Waals surface area (Å²) in [4.78, 5) is 48.4. The van der Waals surface area contributed by atoms with E-state index >= 15 is 0 Å². The van der Waals surface area contributed by atoms with Gasteiger partial charge in [0.2, 0.25) is 0 Å². The van der Waals surface area contributed by atoms with E-state index in [-0.39, 0.29) is 35.2 Å². The zero-order chi connectivity index (χ0) is 22.7. The van der Waals surface area contributed by atoms with Gasteiger partial charge in [0, 0.05) is 39.4 Å². The Morgan fingerprint density at radius 2 is 1.27 bits per heavy atom.